The Balaban J connectivity index is 3.53. The number of carboxylic acids is 1. The van der Waals surface area contributed by atoms with Crippen LogP contribution in [0.25, 0.3) is 0 Å². The summed E-state index contributed by atoms with van der Waals surface area (Å²) in [4.78, 5) is 21.3. The van der Waals surface area contributed by atoms with Gasteiger partial charge in [0.1, 0.15) is 5.60 Å². The van der Waals surface area contributed by atoms with E-state index in [0.29, 0.717) is 19.4 Å². The zero-order valence-corrected chi connectivity index (χ0v) is 9.95. The van der Waals surface area contributed by atoms with Gasteiger partial charge in [-0.15, -0.1) is 0 Å². The van der Waals surface area contributed by atoms with E-state index in [2.05, 4.69) is 5.32 Å². The van der Waals surface area contributed by atoms with Crippen LogP contribution in [0.15, 0.2) is 12.2 Å². The maximum absolute atomic E-state index is 11.2. The molecular weight excluding hydrogens is 210 g/mol. The molecule has 92 valence electrons. The van der Waals surface area contributed by atoms with Gasteiger partial charge in [0, 0.05) is 12.6 Å². The van der Waals surface area contributed by atoms with E-state index in [4.69, 9.17) is 9.84 Å². The van der Waals surface area contributed by atoms with Crippen LogP contribution in [0, 0.1) is 0 Å². The lowest BCUT2D eigenvalue weighted by molar-refractivity contribution is -0.131. The molecule has 0 heterocycles. The summed E-state index contributed by atoms with van der Waals surface area (Å²) < 4.78 is 5.02. The summed E-state index contributed by atoms with van der Waals surface area (Å²) in [6, 6.07) is 0. The summed E-state index contributed by atoms with van der Waals surface area (Å²) >= 11 is 0. The number of carbonyl (C=O) groups is 2. The van der Waals surface area contributed by atoms with Gasteiger partial charge in [0.15, 0.2) is 0 Å². The topological polar surface area (TPSA) is 75.6 Å². The Labute approximate surface area is 95.5 Å². The minimum absolute atomic E-state index is 0.449. The summed E-state index contributed by atoms with van der Waals surface area (Å²) in [6.45, 7) is 5.85. The predicted octanol–water partition coefficient (Wildman–Crippen LogP) is 1.93. The number of aliphatic carboxylic acids is 1. The van der Waals surface area contributed by atoms with E-state index in [1.54, 1.807) is 26.8 Å². The smallest absolute Gasteiger partial charge is 0.407 e. The molecule has 2 N–H and O–H groups in total. The van der Waals surface area contributed by atoms with Crippen molar-refractivity contribution in [2.45, 2.75) is 39.2 Å². The molecule has 0 fully saturated rings. The molecule has 1 amide bonds. The van der Waals surface area contributed by atoms with Crippen LogP contribution in [0.2, 0.25) is 0 Å². The van der Waals surface area contributed by atoms with Gasteiger partial charge in [0.05, 0.1) is 0 Å². The summed E-state index contributed by atoms with van der Waals surface area (Å²) in [5, 5.41) is 10.9. The molecule has 0 aromatic rings. The van der Waals surface area contributed by atoms with Gasteiger partial charge in [-0.2, -0.15) is 0 Å². The molecule has 0 unspecified atom stereocenters. The first-order valence-corrected chi connectivity index (χ1v) is 5.17. The van der Waals surface area contributed by atoms with Crippen molar-refractivity contribution in [1.82, 2.24) is 5.32 Å². The second kappa shape index (κ2) is 6.87. The Bertz CT molecular complexity index is 266. The monoisotopic (exact) mass is 229 g/mol. The van der Waals surface area contributed by atoms with Gasteiger partial charge >= 0.3 is 12.1 Å². The van der Waals surface area contributed by atoms with Crippen molar-refractivity contribution >= 4 is 12.1 Å². The molecule has 0 saturated heterocycles. The molecular formula is C11H19NO4. The van der Waals surface area contributed by atoms with Gasteiger partial charge in [0.25, 0.3) is 0 Å². The number of alkyl carbamates (subject to hydrolysis) is 1. The number of nitrogens with one attached hydrogen (secondary N) is 1. The van der Waals surface area contributed by atoms with Gasteiger partial charge in [-0.25, -0.2) is 9.59 Å². The number of unbranched alkanes of at least 4 members (excludes halogenated alkanes) is 1. The number of amides is 1. The minimum atomic E-state index is -0.958. The maximum Gasteiger partial charge on any atom is 0.407 e. The Morgan fingerprint density at radius 3 is 2.50 bits per heavy atom. The molecule has 0 rings (SSSR count). The van der Waals surface area contributed by atoms with Crippen LogP contribution in [0.1, 0.15) is 33.6 Å². The third-order valence-electron chi connectivity index (χ3n) is 1.48. The standard InChI is InChI=1S/C11H19NO4/c1-11(2,3)16-10(15)12-8-6-4-5-7-9(13)14/h5,7H,4,6,8H2,1-3H3,(H,12,15)(H,13,14)/b7-5+. The molecule has 0 aliphatic carbocycles. The van der Waals surface area contributed by atoms with Crippen molar-refractivity contribution in [2.75, 3.05) is 6.54 Å². The molecule has 5 heteroatoms. The summed E-state index contributed by atoms with van der Waals surface area (Å²) in [5.41, 5.74) is -0.493. The first-order valence-electron chi connectivity index (χ1n) is 5.17. The highest BCUT2D eigenvalue weighted by atomic mass is 16.6. The third kappa shape index (κ3) is 10.6. The lowest BCUT2D eigenvalue weighted by atomic mass is 10.2. The zero-order chi connectivity index (χ0) is 12.6. The molecule has 0 atom stereocenters. The SMILES string of the molecule is CC(C)(C)OC(=O)NCCC/C=C/C(=O)O. The Kier molecular flexibility index (Phi) is 6.22. The van der Waals surface area contributed by atoms with Gasteiger partial charge in [-0.1, -0.05) is 6.08 Å². The second-order valence-electron chi connectivity index (χ2n) is 4.31. The van der Waals surface area contributed by atoms with Crippen LogP contribution in [0.3, 0.4) is 0 Å². The van der Waals surface area contributed by atoms with Crippen LogP contribution >= 0.6 is 0 Å². The van der Waals surface area contributed by atoms with Crippen molar-refractivity contribution in [3.8, 4) is 0 Å². The average molecular weight is 229 g/mol. The summed E-state index contributed by atoms with van der Waals surface area (Å²) in [6.07, 6.45) is 3.49. The molecule has 0 spiro atoms. The van der Waals surface area contributed by atoms with Gasteiger partial charge in [-0.05, 0) is 33.6 Å². The predicted molar refractivity (Wildman–Crippen MR) is 60.2 cm³/mol. The summed E-state index contributed by atoms with van der Waals surface area (Å²) in [7, 11) is 0. The number of allylic oxidation sites excluding steroid dienone is 1. The van der Waals surface area contributed by atoms with E-state index >= 15 is 0 Å². The fourth-order valence-electron chi connectivity index (χ4n) is 0.909. The molecule has 0 radical (unpaired) electrons. The van der Waals surface area contributed by atoms with Gasteiger partial charge < -0.3 is 15.2 Å². The molecule has 0 aliphatic heterocycles. The van der Waals surface area contributed by atoms with Crippen LogP contribution in [-0.2, 0) is 9.53 Å². The fraction of sp³-hybridized carbons (Fsp3) is 0.636. The lowest BCUT2D eigenvalue weighted by Crippen LogP contribution is -2.32. The Morgan fingerprint density at radius 2 is 2.00 bits per heavy atom. The molecule has 0 saturated carbocycles. The average Bonchev–Trinajstić information content (AvgIpc) is 2.07. The van der Waals surface area contributed by atoms with Crippen molar-refractivity contribution in [2.24, 2.45) is 0 Å². The normalized spacial score (nSPS) is 11.4. The van der Waals surface area contributed by atoms with E-state index < -0.39 is 17.7 Å². The van der Waals surface area contributed by atoms with E-state index in [1.807, 2.05) is 0 Å². The van der Waals surface area contributed by atoms with Crippen LogP contribution in [-0.4, -0.2) is 29.3 Å². The molecule has 5 nitrogen and oxygen atoms in total. The maximum atomic E-state index is 11.2. The third-order valence-corrected chi connectivity index (χ3v) is 1.48. The van der Waals surface area contributed by atoms with Gasteiger partial charge in [-0.3, -0.25) is 0 Å². The Hall–Kier alpha value is -1.52. The molecule has 0 aromatic carbocycles. The van der Waals surface area contributed by atoms with Crippen LogP contribution in [0.4, 0.5) is 4.79 Å². The largest absolute Gasteiger partial charge is 0.478 e. The molecule has 16 heavy (non-hydrogen) atoms. The van der Waals surface area contributed by atoms with E-state index in [9.17, 15) is 9.59 Å². The van der Waals surface area contributed by atoms with Crippen LogP contribution < -0.4 is 5.32 Å². The molecule has 0 bridgehead atoms. The molecule has 0 aliphatic rings. The zero-order valence-electron chi connectivity index (χ0n) is 9.95. The quantitative estimate of drug-likeness (QED) is 0.558. The highest BCUT2D eigenvalue weighted by Gasteiger charge is 2.15. The highest BCUT2D eigenvalue weighted by Crippen LogP contribution is 2.06. The number of rotatable bonds is 5. The number of hydrogen-bond acceptors (Lipinski definition) is 3. The minimum Gasteiger partial charge on any atom is -0.478 e. The highest BCUT2D eigenvalue weighted by molar-refractivity contribution is 5.79. The first-order chi connectivity index (χ1) is 7.31. The van der Waals surface area contributed by atoms with E-state index in [0.717, 1.165) is 6.08 Å². The number of carbonyl (C=O) groups excluding carboxylic acids is 1. The number of hydrogen-bond donors (Lipinski definition) is 2. The van der Waals surface area contributed by atoms with E-state index in [1.165, 1.54) is 0 Å². The fourth-order valence-corrected chi connectivity index (χ4v) is 0.909. The second-order valence-corrected chi connectivity index (χ2v) is 4.31. The lowest BCUT2D eigenvalue weighted by Gasteiger charge is -2.19. The number of carboxylic acid groups (broad SMARTS) is 1. The molecule has 0 aromatic heterocycles. The van der Waals surface area contributed by atoms with Gasteiger partial charge in [0.2, 0.25) is 0 Å². The number of ether oxygens (including phenoxy) is 1. The van der Waals surface area contributed by atoms with Crippen molar-refractivity contribution in [3.05, 3.63) is 12.2 Å². The van der Waals surface area contributed by atoms with Crippen molar-refractivity contribution < 1.29 is 19.4 Å². The van der Waals surface area contributed by atoms with Crippen molar-refractivity contribution in [1.29, 1.82) is 0 Å². The Morgan fingerprint density at radius 1 is 1.38 bits per heavy atom. The van der Waals surface area contributed by atoms with E-state index in [-0.39, 0.29) is 0 Å². The first kappa shape index (κ1) is 14.5. The van der Waals surface area contributed by atoms with Crippen LogP contribution in [0.5, 0.6) is 0 Å². The summed E-state index contributed by atoms with van der Waals surface area (Å²) in [5.74, 6) is -0.958. The van der Waals surface area contributed by atoms with Crippen molar-refractivity contribution in [3.63, 3.8) is 0 Å².